The smallest absolute Gasteiger partial charge is 0.313 e. The average molecular weight is 491 g/mol. The molecule has 4 rings (SSSR count). The summed E-state index contributed by atoms with van der Waals surface area (Å²) in [6, 6.07) is 10.1. The molecule has 2 heterocycles. The maximum atomic E-state index is 12.6. The van der Waals surface area contributed by atoms with Crippen molar-refractivity contribution in [1.82, 2.24) is 20.4 Å². The number of carbonyl (C=O) groups excluding carboxylic acids is 2. The number of hydrogen-bond donors (Lipinski definition) is 4. The van der Waals surface area contributed by atoms with Crippen molar-refractivity contribution in [2.45, 2.75) is 39.8 Å². The molecule has 2 amide bonds. The third kappa shape index (κ3) is 4.99. The minimum atomic E-state index is -0.543. The largest absolute Gasteiger partial charge is 0.415 e. The molecular formula is C24H26N8O4. The lowest BCUT2D eigenvalue weighted by Gasteiger charge is -2.16. The van der Waals surface area contributed by atoms with Crippen molar-refractivity contribution in [2.24, 2.45) is 11.5 Å². The van der Waals surface area contributed by atoms with Gasteiger partial charge in [-0.25, -0.2) is 0 Å². The first-order valence-electron chi connectivity index (χ1n) is 11.2. The van der Waals surface area contributed by atoms with E-state index in [-0.39, 0.29) is 23.6 Å². The van der Waals surface area contributed by atoms with Gasteiger partial charge in [-0.15, -0.1) is 20.4 Å². The second-order valence-electron chi connectivity index (χ2n) is 8.33. The highest BCUT2D eigenvalue weighted by molar-refractivity contribution is 6.03. The Labute approximate surface area is 206 Å². The van der Waals surface area contributed by atoms with Crippen LogP contribution in [-0.4, -0.2) is 32.2 Å². The van der Waals surface area contributed by atoms with Crippen LogP contribution in [0.2, 0.25) is 0 Å². The Balaban J connectivity index is 1.58. The van der Waals surface area contributed by atoms with Crippen LogP contribution in [0.1, 0.15) is 70.2 Å². The molecule has 0 unspecified atom stereocenters. The zero-order valence-electron chi connectivity index (χ0n) is 20.2. The first kappa shape index (κ1) is 24.7. The van der Waals surface area contributed by atoms with E-state index in [1.165, 1.54) is 0 Å². The zero-order chi connectivity index (χ0) is 26.0. The molecule has 4 aromatic rings. The topological polar surface area (TPSA) is 188 Å². The number of carbonyl (C=O) groups is 2. The van der Waals surface area contributed by atoms with Gasteiger partial charge in [0, 0.05) is 11.4 Å². The van der Waals surface area contributed by atoms with Crippen molar-refractivity contribution in [3.8, 4) is 11.1 Å². The van der Waals surface area contributed by atoms with Crippen LogP contribution >= 0.6 is 0 Å². The maximum absolute atomic E-state index is 12.6. The molecule has 0 saturated heterocycles. The van der Waals surface area contributed by atoms with Gasteiger partial charge in [-0.2, -0.15) is 0 Å². The second-order valence-corrected chi connectivity index (χ2v) is 8.33. The molecule has 0 aliphatic heterocycles. The Hall–Kier alpha value is -4.42. The summed E-state index contributed by atoms with van der Waals surface area (Å²) in [5.41, 5.74) is 15.9. The average Bonchev–Trinajstić information content (AvgIpc) is 3.53. The summed E-state index contributed by atoms with van der Waals surface area (Å²) in [6.07, 6.45) is 0. The number of benzene rings is 2. The number of nitrogens with two attached hydrogens (primary N) is 2. The van der Waals surface area contributed by atoms with E-state index in [2.05, 4.69) is 31.0 Å². The number of nitrogens with zero attached hydrogens (tertiary/aromatic N) is 4. The van der Waals surface area contributed by atoms with Gasteiger partial charge in [0.15, 0.2) is 0 Å². The first-order chi connectivity index (χ1) is 17.2. The summed E-state index contributed by atoms with van der Waals surface area (Å²) in [6.45, 7) is 7.12. The normalized spacial score (nSPS) is 12.7. The summed E-state index contributed by atoms with van der Waals surface area (Å²) >= 11 is 0. The highest BCUT2D eigenvalue weighted by atomic mass is 16.4. The van der Waals surface area contributed by atoms with Crippen LogP contribution in [0.4, 0.5) is 11.4 Å². The molecule has 0 bridgehead atoms. The van der Waals surface area contributed by atoms with Crippen LogP contribution in [0.5, 0.6) is 0 Å². The highest BCUT2D eigenvalue weighted by Gasteiger charge is 2.20. The van der Waals surface area contributed by atoms with Crippen molar-refractivity contribution in [1.29, 1.82) is 0 Å². The molecule has 186 valence electrons. The summed E-state index contributed by atoms with van der Waals surface area (Å²) < 4.78 is 10.7. The number of nitrogens with one attached hydrogen (secondary N) is 2. The summed E-state index contributed by atoms with van der Waals surface area (Å²) in [4.78, 5) is 25.3. The standard InChI is InChI=1S/C24H26N8O4/c1-11-15(7-5-9-17(11)27-19(33)23-31-29-21(35-23)13(3)25)16-8-6-10-18(12(16)2)28-20(34)24-32-30-22(36-24)14(4)26/h5-10,13-14H,25-26H2,1-4H3,(H,27,33)(H,28,34)/t13-,14-/m0/s1. The zero-order valence-corrected chi connectivity index (χ0v) is 20.2. The molecule has 0 aliphatic rings. The molecule has 0 aliphatic carbocycles. The van der Waals surface area contributed by atoms with Crippen molar-refractivity contribution in [2.75, 3.05) is 10.6 Å². The van der Waals surface area contributed by atoms with Gasteiger partial charge in [-0.05, 0) is 62.1 Å². The number of hydrogen-bond acceptors (Lipinski definition) is 10. The van der Waals surface area contributed by atoms with Gasteiger partial charge in [-0.3, -0.25) is 9.59 Å². The summed E-state index contributed by atoms with van der Waals surface area (Å²) in [5.74, 6) is -1.09. The number of amides is 2. The number of anilines is 2. The van der Waals surface area contributed by atoms with Gasteiger partial charge in [0.1, 0.15) is 0 Å². The van der Waals surface area contributed by atoms with Gasteiger partial charge >= 0.3 is 23.6 Å². The molecule has 12 nitrogen and oxygen atoms in total. The molecule has 2 atom stereocenters. The van der Waals surface area contributed by atoms with Gasteiger partial charge < -0.3 is 30.9 Å². The molecule has 0 radical (unpaired) electrons. The Morgan fingerprint density at radius 3 is 1.44 bits per heavy atom. The summed E-state index contributed by atoms with van der Waals surface area (Å²) in [5, 5.41) is 20.7. The van der Waals surface area contributed by atoms with Crippen LogP contribution in [0.3, 0.4) is 0 Å². The van der Waals surface area contributed by atoms with E-state index in [4.69, 9.17) is 20.3 Å². The lowest BCUT2D eigenvalue weighted by Crippen LogP contribution is -2.14. The minimum Gasteiger partial charge on any atom is -0.415 e. The van der Waals surface area contributed by atoms with Crippen molar-refractivity contribution in [3.05, 3.63) is 71.1 Å². The molecular weight excluding hydrogens is 464 g/mol. The van der Waals surface area contributed by atoms with Gasteiger partial charge in [-0.1, -0.05) is 24.3 Å². The van der Waals surface area contributed by atoms with E-state index in [1.54, 1.807) is 26.0 Å². The van der Waals surface area contributed by atoms with E-state index in [1.807, 2.05) is 38.1 Å². The first-order valence-corrected chi connectivity index (χ1v) is 11.2. The maximum Gasteiger partial charge on any atom is 0.313 e. The van der Waals surface area contributed by atoms with E-state index in [9.17, 15) is 9.59 Å². The summed E-state index contributed by atoms with van der Waals surface area (Å²) in [7, 11) is 0. The molecule has 0 fully saturated rings. The fraction of sp³-hybridized carbons (Fsp3) is 0.250. The van der Waals surface area contributed by atoms with Gasteiger partial charge in [0.05, 0.1) is 12.1 Å². The molecule has 36 heavy (non-hydrogen) atoms. The van der Waals surface area contributed by atoms with Gasteiger partial charge in [0.2, 0.25) is 11.8 Å². The molecule has 12 heteroatoms. The minimum absolute atomic E-state index is 0.175. The van der Waals surface area contributed by atoms with E-state index in [0.29, 0.717) is 11.4 Å². The molecule has 0 spiro atoms. The van der Waals surface area contributed by atoms with Crippen LogP contribution in [0.25, 0.3) is 11.1 Å². The highest BCUT2D eigenvalue weighted by Crippen LogP contribution is 2.34. The third-order valence-electron chi connectivity index (χ3n) is 5.50. The molecule has 2 aromatic carbocycles. The van der Waals surface area contributed by atoms with Crippen molar-refractivity contribution in [3.63, 3.8) is 0 Å². The number of aromatic nitrogens is 4. The lowest BCUT2D eigenvalue weighted by molar-refractivity contribution is 0.0981. The van der Waals surface area contributed by atoms with Crippen LogP contribution < -0.4 is 22.1 Å². The Morgan fingerprint density at radius 2 is 1.11 bits per heavy atom. The Morgan fingerprint density at radius 1 is 0.722 bits per heavy atom. The monoisotopic (exact) mass is 490 g/mol. The Kier molecular flexibility index (Phi) is 6.90. The second kappa shape index (κ2) is 10.1. The SMILES string of the molecule is Cc1c(NC(=O)c2nnc([C@H](C)N)o2)cccc1-c1cccc(NC(=O)c2nnc([C@H](C)N)o2)c1C. The van der Waals surface area contributed by atoms with Gasteiger partial charge in [0.25, 0.3) is 0 Å². The van der Waals surface area contributed by atoms with Crippen molar-refractivity contribution >= 4 is 23.2 Å². The van der Waals surface area contributed by atoms with Crippen LogP contribution in [0, 0.1) is 13.8 Å². The fourth-order valence-corrected chi connectivity index (χ4v) is 3.50. The van der Waals surface area contributed by atoms with Crippen LogP contribution in [0.15, 0.2) is 45.2 Å². The fourth-order valence-electron chi connectivity index (χ4n) is 3.50. The van der Waals surface area contributed by atoms with Crippen molar-refractivity contribution < 1.29 is 18.4 Å². The van der Waals surface area contributed by atoms with Crippen LogP contribution in [-0.2, 0) is 0 Å². The van der Waals surface area contributed by atoms with E-state index in [0.717, 1.165) is 22.3 Å². The molecule has 2 aromatic heterocycles. The lowest BCUT2D eigenvalue weighted by atomic mass is 9.94. The Bertz CT molecular complexity index is 1320. The predicted octanol–water partition coefficient (Wildman–Crippen LogP) is 3.28. The molecule has 6 N–H and O–H groups in total. The van der Waals surface area contributed by atoms with E-state index >= 15 is 0 Å². The number of rotatable bonds is 7. The third-order valence-corrected chi connectivity index (χ3v) is 5.50. The quantitative estimate of drug-likeness (QED) is 0.299. The van der Waals surface area contributed by atoms with E-state index < -0.39 is 23.9 Å². The predicted molar refractivity (Wildman–Crippen MR) is 131 cm³/mol. The molecule has 0 saturated carbocycles.